The number of nitro benzene ring substituents is 1. The Kier molecular flexibility index (Phi) is 6.39. The van der Waals surface area contributed by atoms with Gasteiger partial charge in [-0.2, -0.15) is 0 Å². The average molecular weight is 438 g/mol. The summed E-state index contributed by atoms with van der Waals surface area (Å²) in [5.74, 6) is -0.305. The highest BCUT2D eigenvalue weighted by Gasteiger charge is 2.31. The minimum absolute atomic E-state index is 0.162. The number of carbonyl (C=O) groups is 1. The molecule has 0 radical (unpaired) electrons. The molecule has 0 unspecified atom stereocenters. The third-order valence-corrected chi connectivity index (χ3v) is 6.82. The first kappa shape index (κ1) is 21.1. The molecule has 1 amide bonds. The molecule has 1 saturated heterocycles. The molecule has 3 rings (SSSR count). The number of amides is 1. The van der Waals surface area contributed by atoms with Crippen molar-refractivity contribution < 1.29 is 18.1 Å². The topological polar surface area (TPSA) is 101 Å². The SMILES string of the molecule is O=C(CN(c1ccccc1)S(=O)(=O)c1ccc(Cl)c([N+](=O)[O-])c1)N1CCCCC1. The molecule has 0 aromatic heterocycles. The summed E-state index contributed by atoms with van der Waals surface area (Å²) >= 11 is 5.81. The van der Waals surface area contributed by atoms with Gasteiger partial charge >= 0.3 is 0 Å². The Morgan fingerprint density at radius 2 is 1.76 bits per heavy atom. The fourth-order valence-corrected chi connectivity index (χ4v) is 4.82. The quantitative estimate of drug-likeness (QED) is 0.508. The number of piperidine rings is 1. The van der Waals surface area contributed by atoms with E-state index < -0.39 is 20.6 Å². The second-order valence-corrected chi connectivity index (χ2v) is 8.93. The first-order valence-corrected chi connectivity index (χ1v) is 10.9. The summed E-state index contributed by atoms with van der Waals surface area (Å²) in [6, 6.07) is 11.5. The summed E-state index contributed by atoms with van der Waals surface area (Å²) in [7, 11) is -4.24. The summed E-state index contributed by atoms with van der Waals surface area (Å²) in [5.41, 5.74) is -0.210. The molecule has 2 aromatic rings. The lowest BCUT2D eigenvalue weighted by Crippen LogP contribution is -2.44. The highest BCUT2D eigenvalue weighted by molar-refractivity contribution is 7.92. The Morgan fingerprint density at radius 1 is 1.10 bits per heavy atom. The van der Waals surface area contributed by atoms with Crippen LogP contribution in [-0.4, -0.2) is 43.8 Å². The molecule has 29 heavy (non-hydrogen) atoms. The van der Waals surface area contributed by atoms with Crippen LogP contribution in [0.1, 0.15) is 19.3 Å². The molecule has 1 aliphatic rings. The number of hydrogen-bond acceptors (Lipinski definition) is 5. The molecule has 8 nitrogen and oxygen atoms in total. The third-order valence-electron chi connectivity index (χ3n) is 4.73. The molecule has 0 aliphatic carbocycles. The highest BCUT2D eigenvalue weighted by Crippen LogP contribution is 2.30. The Morgan fingerprint density at radius 3 is 2.38 bits per heavy atom. The summed E-state index contributed by atoms with van der Waals surface area (Å²) in [6.07, 6.45) is 2.80. The number of para-hydroxylation sites is 1. The number of rotatable bonds is 6. The number of halogens is 1. The number of benzene rings is 2. The number of sulfonamides is 1. The smallest absolute Gasteiger partial charge is 0.289 e. The largest absolute Gasteiger partial charge is 0.341 e. The van der Waals surface area contributed by atoms with Gasteiger partial charge in [0.25, 0.3) is 15.7 Å². The van der Waals surface area contributed by atoms with E-state index in [0.717, 1.165) is 29.6 Å². The van der Waals surface area contributed by atoms with Crippen LogP contribution in [0.3, 0.4) is 0 Å². The Hall–Kier alpha value is -2.65. The Balaban J connectivity index is 2.00. The monoisotopic (exact) mass is 437 g/mol. The van der Waals surface area contributed by atoms with Gasteiger partial charge < -0.3 is 4.90 Å². The Bertz CT molecular complexity index is 1010. The number of anilines is 1. The van der Waals surface area contributed by atoms with Crippen LogP contribution in [0, 0.1) is 10.1 Å². The predicted molar refractivity (Wildman–Crippen MR) is 110 cm³/mol. The number of carbonyl (C=O) groups excluding carboxylic acids is 1. The van der Waals surface area contributed by atoms with Crippen molar-refractivity contribution in [3.8, 4) is 0 Å². The molecule has 0 bridgehead atoms. The first-order chi connectivity index (χ1) is 13.8. The molecule has 1 aliphatic heterocycles. The van der Waals surface area contributed by atoms with Gasteiger partial charge in [-0.3, -0.25) is 19.2 Å². The van der Waals surface area contributed by atoms with E-state index in [1.54, 1.807) is 35.2 Å². The second-order valence-electron chi connectivity index (χ2n) is 6.66. The number of nitro groups is 1. The van der Waals surface area contributed by atoms with Crippen LogP contribution in [-0.2, 0) is 14.8 Å². The molecule has 0 spiro atoms. The lowest BCUT2D eigenvalue weighted by molar-refractivity contribution is -0.384. The standard InChI is InChI=1S/C19H20ClN3O5S/c20-17-10-9-16(13-18(17)23(25)26)29(27,28)22(15-7-3-1-4-8-15)14-19(24)21-11-5-2-6-12-21/h1,3-4,7-10,13H,2,5-6,11-12,14H2. The van der Waals surface area contributed by atoms with Gasteiger partial charge in [-0.15, -0.1) is 0 Å². The van der Waals surface area contributed by atoms with Crippen molar-refractivity contribution >= 4 is 38.9 Å². The molecule has 0 atom stereocenters. The van der Waals surface area contributed by atoms with Gasteiger partial charge in [0, 0.05) is 19.2 Å². The van der Waals surface area contributed by atoms with Crippen LogP contribution < -0.4 is 4.31 Å². The minimum atomic E-state index is -4.24. The zero-order valence-electron chi connectivity index (χ0n) is 15.5. The second kappa shape index (κ2) is 8.79. The third kappa shape index (κ3) is 4.68. The molecular formula is C19H20ClN3O5S. The normalized spacial score (nSPS) is 14.4. The van der Waals surface area contributed by atoms with E-state index in [4.69, 9.17) is 11.6 Å². The molecule has 1 heterocycles. The van der Waals surface area contributed by atoms with Crippen LogP contribution in [0.15, 0.2) is 53.4 Å². The zero-order valence-corrected chi connectivity index (χ0v) is 17.1. The molecule has 154 valence electrons. The number of hydrogen-bond donors (Lipinski definition) is 0. The van der Waals surface area contributed by atoms with E-state index in [1.807, 2.05) is 0 Å². The van der Waals surface area contributed by atoms with Gasteiger partial charge in [0.15, 0.2) is 0 Å². The van der Waals surface area contributed by atoms with Crippen LogP contribution >= 0.6 is 11.6 Å². The van der Waals surface area contributed by atoms with Crippen molar-refractivity contribution in [1.82, 2.24) is 4.90 Å². The maximum Gasteiger partial charge on any atom is 0.289 e. The van der Waals surface area contributed by atoms with Gasteiger partial charge in [-0.25, -0.2) is 8.42 Å². The lowest BCUT2D eigenvalue weighted by atomic mass is 10.1. The number of nitrogens with zero attached hydrogens (tertiary/aromatic N) is 3. The summed E-state index contributed by atoms with van der Waals surface area (Å²) < 4.78 is 27.6. The van der Waals surface area contributed by atoms with Crippen LogP contribution in [0.4, 0.5) is 11.4 Å². The molecular weight excluding hydrogens is 418 g/mol. The van der Waals surface area contributed by atoms with E-state index in [1.165, 1.54) is 12.1 Å². The van der Waals surface area contributed by atoms with E-state index in [0.29, 0.717) is 18.8 Å². The summed E-state index contributed by atoms with van der Waals surface area (Å²) in [6.45, 7) is 0.796. The predicted octanol–water partition coefficient (Wildman–Crippen LogP) is 3.46. The highest BCUT2D eigenvalue weighted by atomic mass is 35.5. The van der Waals surface area contributed by atoms with Gasteiger partial charge in [0.05, 0.1) is 15.5 Å². The first-order valence-electron chi connectivity index (χ1n) is 9.10. The summed E-state index contributed by atoms with van der Waals surface area (Å²) in [5, 5.41) is 11.0. The van der Waals surface area contributed by atoms with Crippen molar-refractivity contribution in [3.05, 3.63) is 63.7 Å². The molecule has 10 heteroatoms. The van der Waals surface area contributed by atoms with E-state index in [2.05, 4.69) is 0 Å². The molecule has 1 fully saturated rings. The van der Waals surface area contributed by atoms with Gasteiger partial charge in [-0.1, -0.05) is 29.8 Å². The Labute approximate surface area is 173 Å². The average Bonchev–Trinajstić information content (AvgIpc) is 2.73. The van der Waals surface area contributed by atoms with Crippen LogP contribution in [0.2, 0.25) is 5.02 Å². The molecule has 0 N–H and O–H groups in total. The van der Waals surface area contributed by atoms with E-state index in [-0.39, 0.29) is 22.4 Å². The lowest BCUT2D eigenvalue weighted by Gasteiger charge is -2.30. The molecule has 2 aromatic carbocycles. The van der Waals surface area contributed by atoms with E-state index in [9.17, 15) is 23.3 Å². The van der Waals surface area contributed by atoms with Crippen molar-refractivity contribution in [2.24, 2.45) is 0 Å². The van der Waals surface area contributed by atoms with Crippen molar-refractivity contribution in [2.45, 2.75) is 24.2 Å². The van der Waals surface area contributed by atoms with Crippen LogP contribution in [0.25, 0.3) is 0 Å². The van der Waals surface area contributed by atoms with Crippen molar-refractivity contribution in [2.75, 3.05) is 23.9 Å². The maximum atomic E-state index is 13.3. The van der Waals surface area contributed by atoms with Gasteiger partial charge in [-0.05, 0) is 43.5 Å². The fourth-order valence-electron chi connectivity index (χ4n) is 3.20. The summed E-state index contributed by atoms with van der Waals surface area (Å²) in [4.78, 5) is 24.6. The van der Waals surface area contributed by atoms with Crippen LogP contribution in [0.5, 0.6) is 0 Å². The number of likely N-dealkylation sites (tertiary alicyclic amines) is 1. The fraction of sp³-hybridized carbons (Fsp3) is 0.316. The van der Waals surface area contributed by atoms with Crippen molar-refractivity contribution in [1.29, 1.82) is 0 Å². The van der Waals surface area contributed by atoms with E-state index >= 15 is 0 Å². The van der Waals surface area contributed by atoms with Crippen molar-refractivity contribution in [3.63, 3.8) is 0 Å². The maximum absolute atomic E-state index is 13.3. The van der Waals surface area contributed by atoms with Gasteiger partial charge in [0.1, 0.15) is 11.6 Å². The zero-order chi connectivity index (χ0) is 21.0. The molecule has 0 saturated carbocycles. The van der Waals surface area contributed by atoms with Gasteiger partial charge in [0.2, 0.25) is 5.91 Å². The minimum Gasteiger partial charge on any atom is -0.341 e.